The molecule has 0 aliphatic heterocycles. The van der Waals surface area contributed by atoms with E-state index in [1.54, 1.807) is 14.2 Å². The van der Waals surface area contributed by atoms with Crippen LogP contribution >= 0.6 is 0 Å². The standard InChI is InChI=1S/C20H24O5/c1-20(13-19(21)24-4,15-5-9-17(23-3)10-6-15)16-7-11-18(12-8-16)25-14-22-2/h5-12H,13-14H2,1-4H3. The molecule has 1 unspecified atom stereocenters. The van der Waals surface area contributed by atoms with Crippen molar-refractivity contribution in [1.29, 1.82) is 0 Å². The molecule has 2 aromatic carbocycles. The Morgan fingerprint density at radius 2 is 1.40 bits per heavy atom. The fourth-order valence-electron chi connectivity index (χ4n) is 2.74. The number of benzene rings is 2. The summed E-state index contributed by atoms with van der Waals surface area (Å²) in [6, 6.07) is 15.4. The summed E-state index contributed by atoms with van der Waals surface area (Å²) in [7, 11) is 4.60. The van der Waals surface area contributed by atoms with Gasteiger partial charge in [0, 0.05) is 12.5 Å². The van der Waals surface area contributed by atoms with Gasteiger partial charge < -0.3 is 18.9 Å². The van der Waals surface area contributed by atoms with Crippen LogP contribution in [0, 0.1) is 0 Å². The van der Waals surface area contributed by atoms with Crippen LogP contribution in [0.3, 0.4) is 0 Å². The quantitative estimate of drug-likeness (QED) is 0.541. The Morgan fingerprint density at radius 3 is 1.84 bits per heavy atom. The summed E-state index contributed by atoms with van der Waals surface area (Å²) < 4.78 is 20.5. The Bertz CT molecular complexity index is 678. The van der Waals surface area contributed by atoms with Crippen LogP contribution in [0.4, 0.5) is 0 Å². The SMILES string of the molecule is COCOc1ccc(C(C)(CC(=O)OC)c2ccc(OC)cc2)cc1. The lowest BCUT2D eigenvalue weighted by molar-refractivity contribution is -0.141. The number of carbonyl (C=O) groups excluding carboxylic acids is 1. The first-order chi connectivity index (χ1) is 12.0. The molecule has 2 rings (SSSR count). The summed E-state index contributed by atoms with van der Waals surface area (Å²) in [5.41, 5.74) is 1.47. The average Bonchev–Trinajstić information content (AvgIpc) is 2.66. The molecule has 1 atom stereocenters. The molecule has 0 heterocycles. The molecule has 0 saturated heterocycles. The van der Waals surface area contributed by atoms with Gasteiger partial charge in [0.2, 0.25) is 0 Å². The predicted octanol–water partition coefficient (Wildman–Crippen LogP) is 3.55. The second-order valence-electron chi connectivity index (χ2n) is 5.89. The van der Waals surface area contributed by atoms with Gasteiger partial charge in [0.05, 0.1) is 20.6 Å². The van der Waals surface area contributed by atoms with E-state index < -0.39 is 5.41 Å². The van der Waals surface area contributed by atoms with Crippen LogP contribution in [0.2, 0.25) is 0 Å². The summed E-state index contributed by atoms with van der Waals surface area (Å²) in [4.78, 5) is 12.0. The van der Waals surface area contributed by atoms with E-state index in [2.05, 4.69) is 0 Å². The molecule has 0 aromatic heterocycles. The number of methoxy groups -OCH3 is 3. The lowest BCUT2D eigenvalue weighted by Crippen LogP contribution is -2.28. The maximum absolute atomic E-state index is 12.0. The fraction of sp³-hybridized carbons (Fsp3) is 0.350. The van der Waals surface area contributed by atoms with Crippen LogP contribution in [0.25, 0.3) is 0 Å². The molecule has 0 N–H and O–H groups in total. The van der Waals surface area contributed by atoms with Gasteiger partial charge in [-0.3, -0.25) is 4.79 Å². The van der Waals surface area contributed by atoms with Crippen LogP contribution in [0.15, 0.2) is 48.5 Å². The van der Waals surface area contributed by atoms with Crippen molar-refractivity contribution in [3.63, 3.8) is 0 Å². The molecule has 134 valence electrons. The molecule has 5 nitrogen and oxygen atoms in total. The van der Waals surface area contributed by atoms with Gasteiger partial charge in [-0.25, -0.2) is 0 Å². The molecule has 0 spiro atoms. The molecule has 0 fully saturated rings. The third-order valence-electron chi connectivity index (χ3n) is 4.29. The number of carbonyl (C=O) groups is 1. The maximum atomic E-state index is 12.0. The summed E-state index contributed by atoms with van der Waals surface area (Å²) in [5.74, 6) is 1.21. The van der Waals surface area contributed by atoms with E-state index in [9.17, 15) is 4.79 Å². The van der Waals surface area contributed by atoms with E-state index in [-0.39, 0.29) is 19.2 Å². The van der Waals surface area contributed by atoms with E-state index in [1.165, 1.54) is 7.11 Å². The molecular weight excluding hydrogens is 320 g/mol. The zero-order valence-corrected chi connectivity index (χ0v) is 15.1. The number of hydrogen-bond donors (Lipinski definition) is 0. The highest BCUT2D eigenvalue weighted by atomic mass is 16.7. The highest BCUT2D eigenvalue weighted by molar-refractivity contribution is 5.72. The van der Waals surface area contributed by atoms with E-state index >= 15 is 0 Å². The summed E-state index contributed by atoms with van der Waals surface area (Å²) in [6.07, 6.45) is 0.230. The molecule has 0 saturated carbocycles. The molecule has 0 bridgehead atoms. The number of hydrogen-bond acceptors (Lipinski definition) is 5. The Morgan fingerprint density at radius 1 is 0.880 bits per heavy atom. The highest BCUT2D eigenvalue weighted by Crippen LogP contribution is 2.37. The lowest BCUT2D eigenvalue weighted by Gasteiger charge is -2.30. The van der Waals surface area contributed by atoms with Crippen molar-refractivity contribution in [1.82, 2.24) is 0 Å². The molecule has 25 heavy (non-hydrogen) atoms. The Kier molecular flexibility index (Phi) is 6.42. The highest BCUT2D eigenvalue weighted by Gasteiger charge is 2.32. The van der Waals surface area contributed by atoms with Crippen molar-refractivity contribution in [2.24, 2.45) is 0 Å². The predicted molar refractivity (Wildman–Crippen MR) is 95.0 cm³/mol. The van der Waals surface area contributed by atoms with Crippen LogP contribution in [0.5, 0.6) is 11.5 Å². The molecule has 0 aliphatic carbocycles. The van der Waals surface area contributed by atoms with Gasteiger partial charge in [-0.15, -0.1) is 0 Å². The smallest absolute Gasteiger partial charge is 0.306 e. The lowest BCUT2D eigenvalue weighted by atomic mass is 9.73. The Labute approximate surface area is 148 Å². The monoisotopic (exact) mass is 344 g/mol. The van der Waals surface area contributed by atoms with Crippen LogP contribution in [-0.2, 0) is 19.7 Å². The normalized spacial score (nSPS) is 13.0. The molecular formula is C20H24O5. The number of ether oxygens (including phenoxy) is 4. The Hall–Kier alpha value is -2.53. The minimum absolute atomic E-state index is 0.192. The van der Waals surface area contributed by atoms with Gasteiger partial charge in [0.25, 0.3) is 0 Å². The van der Waals surface area contributed by atoms with Gasteiger partial charge in [0.15, 0.2) is 6.79 Å². The number of rotatable bonds is 8. The number of esters is 1. The van der Waals surface area contributed by atoms with Gasteiger partial charge in [0.1, 0.15) is 11.5 Å². The Balaban J connectivity index is 2.38. The molecule has 2 aromatic rings. The van der Waals surface area contributed by atoms with Gasteiger partial charge >= 0.3 is 5.97 Å². The van der Waals surface area contributed by atoms with Gasteiger partial charge in [-0.2, -0.15) is 0 Å². The van der Waals surface area contributed by atoms with Crippen molar-refractivity contribution in [3.8, 4) is 11.5 Å². The minimum Gasteiger partial charge on any atom is -0.497 e. The van der Waals surface area contributed by atoms with E-state index in [1.807, 2.05) is 55.5 Å². The van der Waals surface area contributed by atoms with Crippen LogP contribution < -0.4 is 9.47 Å². The maximum Gasteiger partial charge on any atom is 0.306 e. The van der Waals surface area contributed by atoms with Crippen molar-refractivity contribution >= 4 is 5.97 Å². The average molecular weight is 344 g/mol. The van der Waals surface area contributed by atoms with Crippen LogP contribution in [0.1, 0.15) is 24.5 Å². The van der Waals surface area contributed by atoms with Gasteiger partial charge in [-0.05, 0) is 35.4 Å². The fourth-order valence-corrected chi connectivity index (χ4v) is 2.74. The second-order valence-corrected chi connectivity index (χ2v) is 5.89. The third-order valence-corrected chi connectivity index (χ3v) is 4.29. The van der Waals surface area contributed by atoms with E-state index in [0.29, 0.717) is 5.75 Å². The molecule has 0 radical (unpaired) electrons. The zero-order valence-electron chi connectivity index (χ0n) is 15.1. The molecule has 5 heteroatoms. The van der Waals surface area contributed by atoms with Crippen molar-refractivity contribution in [2.45, 2.75) is 18.8 Å². The van der Waals surface area contributed by atoms with Crippen molar-refractivity contribution < 1.29 is 23.7 Å². The summed E-state index contributed by atoms with van der Waals surface area (Å²) in [5, 5.41) is 0. The zero-order chi connectivity index (χ0) is 18.3. The van der Waals surface area contributed by atoms with Crippen molar-refractivity contribution in [3.05, 3.63) is 59.7 Å². The third kappa shape index (κ3) is 4.51. The minimum atomic E-state index is -0.529. The van der Waals surface area contributed by atoms with Crippen LogP contribution in [-0.4, -0.2) is 34.1 Å². The largest absolute Gasteiger partial charge is 0.497 e. The summed E-state index contributed by atoms with van der Waals surface area (Å²) in [6.45, 7) is 2.22. The second kappa shape index (κ2) is 8.53. The first-order valence-electron chi connectivity index (χ1n) is 7.97. The topological polar surface area (TPSA) is 54.0 Å². The summed E-state index contributed by atoms with van der Waals surface area (Å²) >= 11 is 0. The first-order valence-corrected chi connectivity index (χ1v) is 7.97. The van der Waals surface area contributed by atoms with Crippen molar-refractivity contribution in [2.75, 3.05) is 28.1 Å². The van der Waals surface area contributed by atoms with Gasteiger partial charge in [-0.1, -0.05) is 31.2 Å². The first kappa shape index (κ1) is 18.8. The van der Waals surface area contributed by atoms with E-state index in [4.69, 9.17) is 18.9 Å². The molecule has 0 amide bonds. The van der Waals surface area contributed by atoms with E-state index in [0.717, 1.165) is 16.9 Å². The molecule has 0 aliphatic rings.